The van der Waals surface area contributed by atoms with Crippen molar-refractivity contribution in [2.45, 2.75) is 11.8 Å². The van der Waals surface area contributed by atoms with Crippen LogP contribution in [-0.2, 0) is 19.6 Å². The number of morpholine rings is 1. The molecular formula is C27H29N3O6S. The number of methoxy groups -OCH3 is 1. The van der Waals surface area contributed by atoms with E-state index in [0.29, 0.717) is 49.0 Å². The molecule has 0 aromatic heterocycles. The van der Waals surface area contributed by atoms with Crippen molar-refractivity contribution in [3.63, 3.8) is 0 Å². The molecule has 1 aliphatic rings. The van der Waals surface area contributed by atoms with Gasteiger partial charge in [0, 0.05) is 13.1 Å². The normalized spacial score (nSPS) is 13.6. The predicted molar refractivity (Wildman–Crippen MR) is 140 cm³/mol. The first kappa shape index (κ1) is 26.2. The van der Waals surface area contributed by atoms with Crippen LogP contribution in [0.1, 0.15) is 15.9 Å². The molecule has 3 aromatic rings. The SMILES string of the molecule is COc1ccc(N(CC(=O)Nc2ccccc2C(=O)N2CCOCC2)S(=O)(=O)c2ccc(C)cc2)cc1. The Bertz CT molecular complexity index is 1350. The van der Waals surface area contributed by atoms with Crippen molar-refractivity contribution in [1.29, 1.82) is 0 Å². The largest absolute Gasteiger partial charge is 0.497 e. The molecule has 37 heavy (non-hydrogen) atoms. The Kier molecular flexibility index (Phi) is 8.10. The van der Waals surface area contributed by atoms with Crippen LogP contribution in [0.3, 0.4) is 0 Å². The summed E-state index contributed by atoms with van der Waals surface area (Å²) in [5.41, 5.74) is 1.85. The van der Waals surface area contributed by atoms with Gasteiger partial charge in [-0.1, -0.05) is 29.8 Å². The lowest BCUT2D eigenvalue weighted by Crippen LogP contribution is -2.41. The number of nitrogens with one attached hydrogen (secondary N) is 1. The van der Waals surface area contributed by atoms with Crippen LogP contribution in [0.5, 0.6) is 5.75 Å². The molecule has 9 nitrogen and oxygen atoms in total. The van der Waals surface area contributed by atoms with E-state index >= 15 is 0 Å². The van der Waals surface area contributed by atoms with Crippen LogP contribution >= 0.6 is 0 Å². The maximum absolute atomic E-state index is 13.6. The quantitative estimate of drug-likeness (QED) is 0.486. The third-order valence-corrected chi connectivity index (χ3v) is 7.77. The van der Waals surface area contributed by atoms with Crippen LogP contribution < -0.4 is 14.4 Å². The zero-order valence-corrected chi connectivity index (χ0v) is 21.5. The lowest BCUT2D eigenvalue weighted by molar-refractivity contribution is -0.114. The summed E-state index contributed by atoms with van der Waals surface area (Å²) in [6.07, 6.45) is 0. The summed E-state index contributed by atoms with van der Waals surface area (Å²) in [5.74, 6) is -0.261. The van der Waals surface area contributed by atoms with E-state index in [1.54, 1.807) is 65.6 Å². The molecule has 1 aliphatic heterocycles. The van der Waals surface area contributed by atoms with E-state index in [-0.39, 0.29) is 10.8 Å². The van der Waals surface area contributed by atoms with Gasteiger partial charge in [-0.25, -0.2) is 8.42 Å². The Hall–Kier alpha value is -3.89. The van der Waals surface area contributed by atoms with Crippen molar-refractivity contribution in [3.05, 3.63) is 83.9 Å². The van der Waals surface area contributed by atoms with E-state index in [2.05, 4.69) is 5.32 Å². The number of hydrogen-bond donors (Lipinski definition) is 1. The second kappa shape index (κ2) is 11.4. The summed E-state index contributed by atoms with van der Waals surface area (Å²) in [6, 6.07) is 19.5. The summed E-state index contributed by atoms with van der Waals surface area (Å²) in [5, 5.41) is 2.74. The number of aryl methyl sites for hydroxylation is 1. The Labute approximate surface area is 216 Å². The van der Waals surface area contributed by atoms with Gasteiger partial charge < -0.3 is 19.7 Å². The van der Waals surface area contributed by atoms with Gasteiger partial charge in [-0.2, -0.15) is 0 Å². The minimum Gasteiger partial charge on any atom is -0.497 e. The van der Waals surface area contributed by atoms with Crippen molar-refractivity contribution >= 4 is 33.2 Å². The number of hydrogen-bond acceptors (Lipinski definition) is 6. The monoisotopic (exact) mass is 523 g/mol. The van der Waals surface area contributed by atoms with E-state index in [1.807, 2.05) is 6.92 Å². The van der Waals surface area contributed by atoms with Gasteiger partial charge in [-0.05, 0) is 55.5 Å². The summed E-state index contributed by atoms with van der Waals surface area (Å²) in [4.78, 5) is 28.0. The highest BCUT2D eigenvalue weighted by Crippen LogP contribution is 2.26. The fourth-order valence-corrected chi connectivity index (χ4v) is 5.36. The minimum atomic E-state index is -4.08. The Balaban J connectivity index is 1.61. The van der Waals surface area contributed by atoms with E-state index in [4.69, 9.17) is 9.47 Å². The Morgan fingerprint density at radius 1 is 0.973 bits per heavy atom. The van der Waals surface area contributed by atoms with Gasteiger partial charge in [-0.3, -0.25) is 13.9 Å². The third-order valence-electron chi connectivity index (χ3n) is 5.99. The first-order valence-electron chi connectivity index (χ1n) is 11.8. The van der Waals surface area contributed by atoms with E-state index in [1.165, 1.54) is 19.2 Å². The van der Waals surface area contributed by atoms with Gasteiger partial charge in [0.25, 0.3) is 15.9 Å². The third kappa shape index (κ3) is 6.10. The molecule has 0 saturated carbocycles. The van der Waals surface area contributed by atoms with Gasteiger partial charge >= 0.3 is 0 Å². The van der Waals surface area contributed by atoms with Gasteiger partial charge in [-0.15, -0.1) is 0 Å². The number of carbonyl (C=O) groups excluding carboxylic acids is 2. The molecule has 0 unspecified atom stereocenters. The van der Waals surface area contributed by atoms with E-state index < -0.39 is 22.5 Å². The van der Waals surface area contributed by atoms with Crippen LogP contribution in [0.25, 0.3) is 0 Å². The minimum absolute atomic E-state index is 0.0598. The highest BCUT2D eigenvalue weighted by Gasteiger charge is 2.28. The number of benzene rings is 3. The van der Waals surface area contributed by atoms with Crippen LogP contribution in [0.4, 0.5) is 11.4 Å². The number of anilines is 2. The molecule has 4 rings (SSSR count). The van der Waals surface area contributed by atoms with Crippen molar-refractivity contribution in [2.75, 3.05) is 49.6 Å². The zero-order chi connectivity index (χ0) is 26.4. The molecular weight excluding hydrogens is 494 g/mol. The molecule has 1 fully saturated rings. The Morgan fingerprint density at radius 3 is 2.27 bits per heavy atom. The molecule has 0 radical (unpaired) electrons. The standard InChI is InChI=1S/C27H29N3O6S/c1-20-7-13-23(14-8-20)37(33,34)30(21-9-11-22(35-2)12-10-21)19-26(31)28-25-6-4-3-5-24(25)27(32)29-15-17-36-18-16-29/h3-14H,15-19H2,1-2H3,(H,28,31). The van der Waals surface area contributed by atoms with E-state index in [0.717, 1.165) is 9.87 Å². The molecule has 1 N–H and O–H groups in total. The molecule has 1 heterocycles. The Morgan fingerprint density at radius 2 is 1.62 bits per heavy atom. The topological polar surface area (TPSA) is 105 Å². The summed E-state index contributed by atoms with van der Waals surface area (Å²) in [6.45, 7) is 3.19. The zero-order valence-electron chi connectivity index (χ0n) is 20.7. The van der Waals surface area contributed by atoms with Crippen LogP contribution in [0.2, 0.25) is 0 Å². The van der Waals surface area contributed by atoms with Crippen LogP contribution in [-0.4, -0.2) is 65.1 Å². The average molecular weight is 524 g/mol. The van der Waals surface area contributed by atoms with Crippen molar-refractivity contribution < 1.29 is 27.5 Å². The molecule has 0 bridgehead atoms. The van der Waals surface area contributed by atoms with Crippen LogP contribution in [0, 0.1) is 6.92 Å². The maximum atomic E-state index is 13.6. The molecule has 3 aromatic carbocycles. The van der Waals surface area contributed by atoms with Crippen molar-refractivity contribution in [1.82, 2.24) is 4.90 Å². The van der Waals surface area contributed by atoms with Gasteiger partial charge in [0.15, 0.2) is 0 Å². The molecule has 10 heteroatoms. The molecule has 2 amide bonds. The lowest BCUT2D eigenvalue weighted by Gasteiger charge is -2.28. The van der Waals surface area contributed by atoms with Crippen molar-refractivity contribution in [2.24, 2.45) is 0 Å². The summed E-state index contributed by atoms with van der Waals surface area (Å²) in [7, 11) is -2.57. The summed E-state index contributed by atoms with van der Waals surface area (Å²) >= 11 is 0. The van der Waals surface area contributed by atoms with Gasteiger partial charge in [0.2, 0.25) is 5.91 Å². The number of carbonyl (C=O) groups is 2. The first-order valence-corrected chi connectivity index (χ1v) is 13.2. The molecule has 1 saturated heterocycles. The average Bonchev–Trinajstić information content (AvgIpc) is 2.92. The molecule has 194 valence electrons. The fraction of sp³-hybridized carbons (Fsp3) is 0.259. The number of amides is 2. The van der Waals surface area contributed by atoms with Crippen LogP contribution in [0.15, 0.2) is 77.7 Å². The lowest BCUT2D eigenvalue weighted by atomic mass is 10.1. The van der Waals surface area contributed by atoms with Crippen molar-refractivity contribution in [3.8, 4) is 5.75 Å². The maximum Gasteiger partial charge on any atom is 0.264 e. The number of ether oxygens (including phenoxy) is 2. The highest BCUT2D eigenvalue weighted by molar-refractivity contribution is 7.92. The number of sulfonamides is 1. The first-order chi connectivity index (χ1) is 17.8. The van der Waals surface area contributed by atoms with E-state index in [9.17, 15) is 18.0 Å². The molecule has 0 aliphatic carbocycles. The summed E-state index contributed by atoms with van der Waals surface area (Å²) < 4.78 is 38.8. The number of nitrogens with zero attached hydrogens (tertiary/aromatic N) is 2. The number of rotatable bonds is 8. The number of para-hydroxylation sites is 1. The molecule has 0 spiro atoms. The molecule has 0 atom stereocenters. The second-order valence-corrected chi connectivity index (χ2v) is 10.4. The van der Waals surface area contributed by atoms with Gasteiger partial charge in [0.05, 0.1) is 42.2 Å². The predicted octanol–water partition coefficient (Wildman–Crippen LogP) is 3.31. The smallest absolute Gasteiger partial charge is 0.264 e. The fourth-order valence-electron chi connectivity index (χ4n) is 3.94. The second-order valence-electron chi connectivity index (χ2n) is 8.52. The van der Waals surface area contributed by atoms with Gasteiger partial charge in [0.1, 0.15) is 12.3 Å². The highest BCUT2D eigenvalue weighted by atomic mass is 32.2.